The lowest BCUT2D eigenvalue weighted by atomic mass is 9.92. The Hall–Kier alpha value is -9.81. The average Bonchev–Trinajstić information content (AvgIpc) is 1.63. The normalized spacial score (nSPS) is 15.9. The Bertz CT molecular complexity index is 4880. The minimum absolute atomic E-state index is 0.187. The molecule has 0 bridgehead atoms. The number of aliphatic hydroxyl groups is 1. The number of ether oxygens (including phenoxy) is 6. The lowest BCUT2D eigenvalue weighted by molar-refractivity contribution is 0.0924. The molecule has 0 radical (unpaired) electrons. The molecule has 3 unspecified atom stereocenters. The number of hydrogen-bond donors (Lipinski definition) is 5. The van der Waals surface area contributed by atoms with E-state index in [1.165, 1.54) is 93.5 Å². The lowest BCUT2D eigenvalue weighted by Gasteiger charge is -2.35. The van der Waals surface area contributed by atoms with Gasteiger partial charge in [0, 0.05) is 97.6 Å². The highest BCUT2D eigenvalue weighted by atomic mass is 35.5. The molecule has 11 aromatic rings. The molecule has 21 nitrogen and oxygen atoms in total. The molecule has 1 saturated heterocycles. The number of nitrogens with zero attached hydrogens (tertiary/aromatic N) is 7. The standard InChI is InChI=1S/C30H27ClFN5O3.C30H38ClN3O3.C28H36ClN3O4/c31-21-5-12-27-26(17-21)25-13-15-37(30(38)40-24-10-6-22(32)7-11-24)29(28(25)35-27)20-3-8-23(9-4-20)39-16-2-1-14-36-19-33-18-34-36;1-2-36-30(35)34-19-15-25-26-21-23(31)11-14-27(26)32-28(25)29(34)22-9-12-24(13-10-22)37-20-8-4-3-5-16-33-17-6-7-18-33;1-2-35-28(34)32-16-13-23-24-19-21(29)9-12-25(24)31-26(23)27(32)20-7-10-22(11-8-20)36-18-6-4-3-5-14-30-15-17-33/h3-12,17-19,29,35H,1-2,13-16H2;9-14,21,29,32H,2-8,15-20H2,1H3;7-12,19,27,30-31,33H,2-6,13-18H2,1H3. The Morgan fingerprint density at radius 2 is 0.876 bits per heavy atom. The molecule has 3 amide bonds. The Morgan fingerprint density at radius 1 is 0.478 bits per heavy atom. The molecule has 0 aliphatic carbocycles. The molecule has 7 aromatic carbocycles. The number of aliphatic hydroxyl groups excluding tert-OH is 1. The zero-order valence-corrected chi connectivity index (χ0v) is 66.6. The highest BCUT2D eigenvalue weighted by Crippen LogP contribution is 2.44. The monoisotopic (exact) mass is 1600 g/mol. The van der Waals surface area contributed by atoms with Crippen molar-refractivity contribution >= 4 is 85.8 Å². The smallest absolute Gasteiger partial charge is 0.416 e. The van der Waals surface area contributed by atoms with E-state index in [-0.39, 0.29) is 36.6 Å². The molecule has 25 heteroatoms. The van der Waals surface area contributed by atoms with Gasteiger partial charge < -0.3 is 58.7 Å². The third-order valence-electron chi connectivity index (χ3n) is 21.3. The molecule has 4 aliphatic rings. The number of rotatable bonds is 30. The maximum absolute atomic E-state index is 13.4. The van der Waals surface area contributed by atoms with Crippen LogP contribution >= 0.6 is 34.8 Å². The first-order chi connectivity index (χ1) is 55.3. The van der Waals surface area contributed by atoms with E-state index >= 15 is 0 Å². The summed E-state index contributed by atoms with van der Waals surface area (Å²) in [6, 6.07) is 46.0. The fourth-order valence-corrected chi connectivity index (χ4v) is 16.2. The van der Waals surface area contributed by atoms with E-state index < -0.39 is 18.0 Å². The van der Waals surface area contributed by atoms with Gasteiger partial charge in [0.15, 0.2) is 0 Å². The molecule has 4 aromatic heterocycles. The minimum Gasteiger partial charge on any atom is -0.494 e. The molecule has 1 fully saturated rings. The topological polar surface area (TPSA) is 230 Å². The number of aryl methyl sites for hydroxylation is 1. The van der Waals surface area contributed by atoms with E-state index in [9.17, 15) is 18.8 Å². The van der Waals surface area contributed by atoms with Gasteiger partial charge in [-0.1, -0.05) is 96.9 Å². The van der Waals surface area contributed by atoms with Gasteiger partial charge in [-0.2, -0.15) is 5.10 Å². The van der Waals surface area contributed by atoms with Crippen LogP contribution in [0, 0.1) is 5.82 Å². The molecule has 4 aliphatic heterocycles. The molecule has 15 rings (SSSR count). The average molecular weight is 1600 g/mol. The summed E-state index contributed by atoms with van der Waals surface area (Å²) in [5.74, 6) is 2.33. The summed E-state index contributed by atoms with van der Waals surface area (Å²) in [7, 11) is 0. The fraction of sp³-hybridized carbons (Fsp3) is 0.398. The second kappa shape index (κ2) is 40.3. The zero-order valence-electron chi connectivity index (χ0n) is 64.3. The van der Waals surface area contributed by atoms with Crippen LogP contribution in [0.2, 0.25) is 15.1 Å². The summed E-state index contributed by atoms with van der Waals surface area (Å²) < 4.78 is 49.6. The maximum atomic E-state index is 13.4. The summed E-state index contributed by atoms with van der Waals surface area (Å²) >= 11 is 18.9. The number of aromatic nitrogens is 6. The van der Waals surface area contributed by atoms with E-state index in [1.54, 1.807) is 20.8 Å². The van der Waals surface area contributed by atoms with Gasteiger partial charge in [-0.25, -0.2) is 23.8 Å². The first kappa shape index (κ1) is 81.2. The second-order valence-corrected chi connectivity index (χ2v) is 30.2. The summed E-state index contributed by atoms with van der Waals surface area (Å²) in [5, 5.41) is 21.4. The molecule has 5 N–H and O–H groups in total. The molecule has 8 heterocycles. The minimum atomic E-state index is -0.508. The molecular formula is C88H101Cl3FN11O10. The van der Waals surface area contributed by atoms with Crippen LogP contribution in [0.1, 0.15) is 159 Å². The number of carbonyl (C=O) groups is 3. The summed E-state index contributed by atoms with van der Waals surface area (Å²) in [6.07, 6.45) is 18.0. The van der Waals surface area contributed by atoms with E-state index in [4.69, 9.17) is 68.3 Å². The number of nitrogens with one attached hydrogen (secondary N) is 4. The van der Waals surface area contributed by atoms with Crippen molar-refractivity contribution in [1.29, 1.82) is 0 Å². The van der Waals surface area contributed by atoms with Gasteiger partial charge in [0.2, 0.25) is 0 Å². The molecule has 113 heavy (non-hydrogen) atoms. The Labute approximate surface area is 674 Å². The quantitative estimate of drug-likeness (QED) is 0.0264. The largest absolute Gasteiger partial charge is 0.494 e. The zero-order chi connectivity index (χ0) is 78.4. The SMILES string of the molecule is CCOC(=O)N1CCc2c([nH]c3ccc(Cl)cc23)C1c1ccc(OCCCCCCN2CCCC2)cc1.CCOC(=O)N1CCc2c([nH]c3ccc(Cl)cc23)C1c1ccc(OCCCCCCNCCO)cc1.O=C(Oc1ccc(F)cc1)N1CCc2c([nH]c3ccc(Cl)cc23)C1c1ccc(OCCCCn2cncn2)cc1. The number of H-pyrrole nitrogens is 3. The maximum Gasteiger partial charge on any atom is 0.416 e. The summed E-state index contributed by atoms with van der Waals surface area (Å²) in [5.41, 5.74) is 12.4. The second-order valence-electron chi connectivity index (χ2n) is 28.8. The van der Waals surface area contributed by atoms with Crippen LogP contribution < -0.4 is 24.3 Å². The van der Waals surface area contributed by atoms with Crippen LogP contribution in [0.4, 0.5) is 18.8 Å². The predicted molar refractivity (Wildman–Crippen MR) is 441 cm³/mol. The number of fused-ring (bicyclic) bond motifs is 9. The lowest BCUT2D eigenvalue weighted by Crippen LogP contribution is -2.42. The molecule has 596 valence electrons. The van der Waals surface area contributed by atoms with Gasteiger partial charge in [0.05, 0.1) is 39.6 Å². The van der Waals surface area contributed by atoms with Gasteiger partial charge in [0.1, 0.15) is 59.6 Å². The number of halogens is 4. The Kier molecular flexibility index (Phi) is 28.9. The Morgan fingerprint density at radius 3 is 1.29 bits per heavy atom. The van der Waals surface area contributed by atoms with Crippen LogP contribution in [-0.4, -0.2) is 165 Å². The number of hydrogen-bond acceptors (Lipinski definition) is 14. The van der Waals surface area contributed by atoms with Crippen LogP contribution in [0.5, 0.6) is 23.0 Å². The van der Waals surface area contributed by atoms with Crippen molar-refractivity contribution in [2.24, 2.45) is 0 Å². The van der Waals surface area contributed by atoms with Crippen molar-refractivity contribution in [1.82, 2.24) is 54.6 Å². The number of benzene rings is 7. The van der Waals surface area contributed by atoms with Gasteiger partial charge >= 0.3 is 18.3 Å². The highest BCUT2D eigenvalue weighted by molar-refractivity contribution is 6.32. The van der Waals surface area contributed by atoms with E-state index in [1.807, 2.05) is 134 Å². The van der Waals surface area contributed by atoms with Crippen LogP contribution in [0.25, 0.3) is 32.7 Å². The van der Waals surface area contributed by atoms with Crippen molar-refractivity contribution in [3.05, 3.63) is 236 Å². The number of carbonyl (C=O) groups excluding carboxylic acids is 3. The van der Waals surface area contributed by atoms with Crippen LogP contribution in [0.15, 0.2) is 164 Å². The van der Waals surface area contributed by atoms with E-state index in [2.05, 4.69) is 47.4 Å². The molecule has 3 atom stereocenters. The summed E-state index contributed by atoms with van der Waals surface area (Å²) in [4.78, 5) is 61.7. The number of aromatic amines is 3. The van der Waals surface area contributed by atoms with Gasteiger partial charge in [-0.3, -0.25) is 19.4 Å². The highest BCUT2D eigenvalue weighted by Gasteiger charge is 2.39. The predicted octanol–water partition coefficient (Wildman–Crippen LogP) is 19.0. The molecular weight excluding hydrogens is 1500 g/mol. The Balaban J connectivity index is 0.000000148. The van der Waals surface area contributed by atoms with Crippen molar-refractivity contribution in [3.8, 4) is 23.0 Å². The van der Waals surface area contributed by atoms with Crippen molar-refractivity contribution < 1.29 is 52.3 Å². The van der Waals surface area contributed by atoms with Crippen molar-refractivity contribution in [2.75, 3.05) is 92.0 Å². The van der Waals surface area contributed by atoms with E-state index in [0.29, 0.717) is 74.1 Å². The van der Waals surface area contributed by atoms with Gasteiger partial charge in [-0.15, -0.1) is 0 Å². The fourth-order valence-electron chi connectivity index (χ4n) is 15.7. The van der Waals surface area contributed by atoms with Crippen LogP contribution in [-0.2, 0) is 35.3 Å². The number of likely N-dealkylation sites (tertiary alicyclic amines) is 1. The van der Waals surface area contributed by atoms with Gasteiger partial charge in [-0.05, 0) is 259 Å². The third kappa shape index (κ3) is 21.0. The molecule has 0 saturated carbocycles. The van der Waals surface area contributed by atoms with E-state index in [0.717, 1.165) is 167 Å². The van der Waals surface area contributed by atoms with Crippen molar-refractivity contribution in [3.63, 3.8) is 0 Å². The number of unbranched alkanes of at least 4 members (excludes halogenated alkanes) is 7. The summed E-state index contributed by atoms with van der Waals surface area (Å²) in [6.45, 7) is 14.4. The number of amides is 3. The first-order valence-corrected chi connectivity index (χ1v) is 41.0. The third-order valence-corrected chi connectivity index (χ3v) is 22.0. The van der Waals surface area contributed by atoms with Crippen LogP contribution in [0.3, 0.4) is 0 Å². The first-order valence-electron chi connectivity index (χ1n) is 39.9. The van der Waals surface area contributed by atoms with Crippen molar-refractivity contribution in [2.45, 2.75) is 135 Å². The molecule has 0 spiro atoms. The van der Waals surface area contributed by atoms with Gasteiger partial charge in [0.25, 0.3) is 0 Å².